The predicted molar refractivity (Wildman–Crippen MR) is 18.4 cm³/mol. The zero-order chi connectivity index (χ0) is 3.58. The first-order valence-corrected chi connectivity index (χ1v) is 1.88. The minimum absolute atomic E-state index is 0. The molecule has 5 heteroatoms. The average molecular weight is 185 g/mol. The fourth-order valence-corrected chi connectivity index (χ4v) is 0. The first-order chi connectivity index (χ1) is 1.73. The molecule has 0 aromatic heterocycles. The van der Waals surface area contributed by atoms with E-state index in [1.54, 1.807) is 0 Å². The van der Waals surface area contributed by atoms with Gasteiger partial charge in [-0.3, -0.25) is 0 Å². The van der Waals surface area contributed by atoms with Crippen LogP contribution in [0.25, 0.3) is 0 Å². The molecule has 0 aliphatic heterocycles. The van der Waals surface area contributed by atoms with Gasteiger partial charge in [0.15, 0.2) is 0 Å². The van der Waals surface area contributed by atoms with Crippen molar-refractivity contribution in [2.24, 2.45) is 0 Å². The summed E-state index contributed by atoms with van der Waals surface area (Å²) in [5.41, 5.74) is 0. The van der Waals surface area contributed by atoms with Crippen LogP contribution in [0.2, 0.25) is 0 Å². The zero-order valence-electron chi connectivity index (χ0n) is 3.72. The normalized spacial score (nSPS) is 4.00. The van der Waals surface area contributed by atoms with Crippen LogP contribution in [-0.2, 0) is 0 Å². The second-order valence-electron chi connectivity index (χ2n) is 0.250. The summed E-state index contributed by atoms with van der Waals surface area (Å²) in [6, 6.07) is 0. The van der Waals surface area contributed by atoms with Crippen molar-refractivity contribution in [2.45, 2.75) is 0 Å². The zero-order valence-corrected chi connectivity index (χ0v) is 10.3. The molecular weight excluding hydrogens is 185 g/mol. The molecule has 0 aromatic carbocycles. The Hall–Kier alpha value is 2.41. The van der Waals surface area contributed by atoms with Gasteiger partial charge in [-0.15, -0.1) is 0 Å². The molecule has 0 rings (SSSR count). The molecule has 24 valence electrons. The van der Waals surface area contributed by atoms with Gasteiger partial charge in [0, 0.05) is 0 Å². The number of thiocarbonyl (C=S) groups is 1. The van der Waals surface area contributed by atoms with Gasteiger partial charge in [-0.1, -0.05) is 0 Å². The van der Waals surface area contributed by atoms with E-state index in [0.717, 1.165) is 0 Å². The molecule has 0 aromatic rings. The Kier molecular flexibility index (Phi) is 27.4. The second kappa shape index (κ2) is 10.4. The van der Waals surface area contributed by atoms with Crippen LogP contribution in [0, 0.1) is 0 Å². The predicted octanol–water partition coefficient (Wildman–Crippen LogP) is -7.19. The van der Waals surface area contributed by atoms with Crippen molar-refractivity contribution in [3.63, 3.8) is 0 Å². The summed E-state index contributed by atoms with van der Waals surface area (Å²) in [6.45, 7) is 0. The summed E-state index contributed by atoms with van der Waals surface area (Å²) in [6.07, 6.45) is 0. The van der Waals surface area contributed by atoms with Gasteiger partial charge in [0.1, 0.15) is 0 Å². The van der Waals surface area contributed by atoms with Crippen LogP contribution >= 0.6 is 12.2 Å². The van der Waals surface area contributed by atoms with Crippen molar-refractivity contribution in [1.82, 2.24) is 0 Å². The molecule has 0 saturated carbocycles. The van der Waals surface area contributed by atoms with Crippen molar-refractivity contribution in [1.29, 1.82) is 0 Å². The molecule has 0 heterocycles. The van der Waals surface area contributed by atoms with Crippen molar-refractivity contribution < 1.29 is 64.2 Å². The van der Waals surface area contributed by atoms with Gasteiger partial charge in [0.25, 0.3) is 0 Å². The van der Waals surface area contributed by atoms with E-state index in [2.05, 4.69) is 28.2 Å². The summed E-state index contributed by atoms with van der Waals surface area (Å²) in [5.74, 6) is 0. The van der Waals surface area contributed by atoms with E-state index in [4.69, 9.17) is 0 Å². The molecule has 0 saturated heterocycles. The Morgan fingerprint density at radius 1 is 1.50 bits per heavy atom. The molecule has 0 unspecified atom stereocenters. The van der Waals surface area contributed by atoms with Gasteiger partial charge in [-0.2, -0.15) is 0 Å². The fraction of sp³-hybridized carbons (Fsp3) is 0. The van der Waals surface area contributed by atoms with Gasteiger partial charge >= 0.3 is 96.4 Å². The van der Waals surface area contributed by atoms with Crippen LogP contribution in [0.4, 0.5) is 0 Å². The number of hydrogen-bond donors (Lipinski definition) is 0. The summed E-state index contributed by atoms with van der Waals surface area (Å²) in [7, 11) is 0. The van der Waals surface area contributed by atoms with E-state index < -0.39 is 0 Å². The second-order valence-corrected chi connectivity index (χ2v) is 1.98. The van der Waals surface area contributed by atoms with Crippen molar-refractivity contribution in [3.8, 4) is 0 Å². The summed E-state index contributed by atoms with van der Waals surface area (Å²) in [4.78, 5) is 0. The van der Waals surface area contributed by atoms with E-state index in [1.807, 2.05) is 0 Å². The molecule has 0 bridgehead atoms. The Balaban J connectivity index is -0.0000000450. The maximum atomic E-state index is 9.20. The van der Waals surface area contributed by atoms with E-state index in [1.165, 1.54) is 0 Å². The molecule has 0 amide bonds. The standard InChI is InChI=1S/CH2OSSe.2Na/c2-1(3)4;;/h(H2,2,3,4);;/q;2*+1/p-2. The summed E-state index contributed by atoms with van der Waals surface area (Å²) >= 11 is 6.00. The van der Waals surface area contributed by atoms with Crippen LogP contribution in [0.15, 0.2) is 0 Å². The Morgan fingerprint density at radius 2 is 1.50 bits per heavy atom. The van der Waals surface area contributed by atoms with E-state index in [9.17, 15) is 5.11 Å². The first-order valence-electron chi connectivity index (χ1n) is 0.612. The average Bonchev–Trinajstić information content (AvgIpc) is 0.811. The van der Waals surface area contributed by atoms with Crippen molar-refractivity contribution in [2.75, 3.05) is 0 Å². The van der Waals surface area contributed by atoms with Crippen LogP contribution in [0.1, 0.15) is 0 Å². The molecule has 0 fully saturated rings. The fourth-order valence-electron chi connectivity index (χ4n) is 0. The van der Waals surface area contributed by atoms with Crippen LogP contribution < -0.4 is 64.2 Å². The number of hydrogen-bond acceptors (Lipinski definition) is 2. The van der Waals surface area contributed by atoms with Gasteiger partial charge in [-0.25, -0.2) is 0 Å². The van der Waals surface area contributed by atoms with E-state index in [-0.39, 0.29) is 63.1 Å². The Bertz CT molecular complexity index is 36.5. The third kappa shape index (κ3) is 32.3. The van der Waals surface area contributed by atoms with Crippen molar-refractivity contribution >= 4 is 32.2 Å². The SMILES string of the molecule is [Na+].[Na+].[O-]C(=S)[Se-]. The molecule has 0 atom stereocenters. The van der Waals surface area contributed by atoms with Crippen molar-refractivity contribution in [3.05, 3.63) is 0 Å². The van der Waals surface area contributed by atoms with Crippen LogP contribution in [0.5, 0.6) is 0 Å². The molecular formula is CNa2OSSe. The number of rotatable bonds is 0. The topological polar surface area (TPSA) is 23.1 Å². The third-order valence-electron chi connectivity index (χ3n) is 0. The van der Waals surface area contributed by atoms with Crippen LogP contribution in [0.3, 0.4) is 0 Å². The summed E-state index contributed by atoms with van der Waals surface area (Å²) in [5, 5.41) is 9.20. The molecule has 0 spiro atoms. The monoisotopic (exact) mass is 186 g/mol. The minimum atomic E-state index is -0.375. The van der Waals surface area contributed by atoms with E-state index in [0.29, 0.717) is 0 Å². The van der Waals surface area contributed by atoms with Gasteiger partial charge in [0.2, 0.25) is 0 Å². The quantitative estimate of drug-likeness (QED) is 0.276. The summed E-state index contributed by atoms with van der Waals surface area (Å²) < 4.78 is -0.375. The van der Waals surface area contributed by atoms with Crippen LogP contribution in [-0.4, -0.2) is 20.0 Å². The van der Waals surface area contributed by atoms with Gasteiger partial charge in [0.05, 0.1) is 0 Å². The molecule has 1 nitrogen and oxygen atoms in total. The first kappa shape index (κ1) is 15.8. The molecule has 6 heavy (non-hydrogen) atoms. The molecule has 0 N–H and O–H groups in total. The Labute approximate surface area is 94.7 Å². The van der Waals surface area contributed by atoms with Gasteiger partial charge < -0.3 is 0 Å². The van der Waals surface area contributed by atoms with Gasteiger partial charge in [-0.05, 0) is 0 Å². The van der Waals surface area contributed by atoms with E-state index >= 15 is 0 Å². The third-order valence-corrected chi connectivity index (χ3v) is 0. The maximum absolute atomic E-state index is 9.20. The molecule has 0 radical (unpaired) electrons. The Morgan fingerprint density at radius 3 is 1.50 bits per heavy atom. The molecule has 0 aliphatic carbocycles. The molecule has 0 aliphatic rings.